The lowest BCUT2D eigenvalue weighted by atomic mass is 10.1. The van der Waals surface area contributed by atoms with Gasteiger partial charge in [0.1, 0.15) is 5.75 Å². The van der Waals surface area contributed by atoms with Crippen LogP contribution < -0.4 is 4.74 Å². The van der Waals surface area contributed by atoms with Crippen molar-refractivity contribution in [3.05, 3.63) is 29.3 Å². The molecule has 98 valence electrons. The van der Waals surface area contributed by atoms with Crippen LogP contribution in [0.3, 0.4) is 0 Å². The Labute approximate surface area is 107 Å². The maximum Gasteiger partial charge on any atom is 0.335 e. The fourth-order valence-corrected chi connectivity index (χ4v) is 1.64. The Morgan fingerprint density at radius 1 is 1.28 bits per heavy atom. The zero-order valence-corrected chi connectivity index (χ0v) is 10.7. The van der Waals surface area contributed by atoms with Crippen LogP contribution in [0.15, 0.2) is 18.2 Å². The number of esters is 1. The van der Waals surface area contributed by atoms with Gasteiger partial charge in [0.15, 0.2) is 0 Å². The number of carbonyl (C=O) groups excluding carboxylic acids is 1. The van der Waals surface area contributed by atoms with Gasteiger partial charge in [-0.15, -0.1) is 0 Å². The van der Waals surface area contributed by atoms with Crippen LogP contribution in [-0.2, 0) is 4.79 Å². The molecule has 4 nitrogen and oxygen atoms in total. The molecule has 0 amide bonds. The SMILES string of the molecule is CCCCCC(=O)Oc1ccc(C(=O)O)c(C)c1. The van der Waals surface area contributed by atoms with E-state index in [1.165, 1.54) is 12.1 Å². The second kappa shape index (κ2) is 6.79. The molecule has 1 aromatic carbocycles. The number of benzene rings is 1. The molecule has 0 saturated carbocycles. The lowest BCUT2D eigenvalue weighted by molar-refractivity contribution is -0.134. The van der Waals surface area contributed by atoms with E-state index in [0.29, 0.717) is 17.7 Å². The average Bonchev–Trinajstić information content (AvgIpc) is 2.28. The summed E-state index contributed by atoms with van der Waals surface area (Å²) in [5.41, 5.74) is 0.808. The van der Waals surface area contributed by atoms with Crippen LogP contribution in [0.4, 0.5) is 0 Å². The molecule has 0 aliphatic carbocycles. The molecule has 0 unspecified atom stereocenters. The van der Waals surface area contributed by atoms with Gasteiger partial charge in [-0.25, -0.2) is 4.79 Å². The number of unbranched alkanes of at least 4 members (excludes halogenated alkanes) is 2. The summed E-state index contributed by atoms with van der Waals surface area (Å²) in [5.74, 6) is -0.849. The van der Waals surface area contributed by atoms with Gasteiger partial charge in [-0.05, 0) is 37.1 Å². The standard InChI is InChI=1S/C14H18O4/c1-3-4-5-6-13(15)18-11-7-8-12(14(16)17)10(2)9-11/h7-9H,3-6H2,1-2H3,(H,16,17). The van der Waals surface area contributed by atoms with E-state index in [-0.39, 0.29) is 11.5 Å². The summed E-state index contributed by atoms with van der Waals surface area (Å²) < 4.78 is 5.14. The topological polar surface area (TPSA) is 63.6 Å². The van der Waals surface area contributed by atoms with Crippen molar-refractivity contribution >= 4 is 11.9 Å². The number of carboxylic acids is 1. The molecule has 1 rings (SSSR count). The number of carboxylic acid groups (broad SMARTS) is 1. The molecule has 0 heterocycles. The van der Waals surface area contributed by atoms with Crippen molar-refractivity contribution < 1.29 is 19.4 Å². The minimum Gasteiger partial charge on any atom is -0.478 e. The van der Waals surface area contributed by atoms with Gasteiger partial charge in [0.2, 0.25) is 0 Å². The summed E-state index contributed by atoms with van der Waals surface area (Å²) in [5, 5.41) is 8.87. The van der Waals surface area contributed by atoms with E-state index in [1.54, 1.807) is 13.0 Å². The Morgan fingerprint density at radius 3 is 2.56 bits per heavy atom. The molecule has 0 fully saturated rings. The average molecular weight is 250 g/mol. The first-order valence-corrected chi connectivity index (χ1v) is 6.09. The number of hydrogen-bond acceptors (Lipinski definition) is 3. The van der Waals surface area contributed by atoms with E-state index in [4.69, 9.17) is 9.84 Å². The third kappa shape index (κ3) is 4.20. The summed E-state index contributed by atoms with van der Waals surface area (Å²) in [7, 11) is 0. The molecule has 0 aromatic heterocycles. The van der Waals surface area contributed by atoms with Crippen molar-refractivity contribution in [2.45, 2.75) is 39.5 Å². The predicted octanol–water partition coefficient (Wildman–Crippen LogP) is 3.18. The van der Waals surface area contributed by atoms with Gasteiger partial charge in [0.25, 0.3) is 0 Å². The lowest BCUT2D eigenvalue weighted by Gasteiger charge is -2.06. The molecule has 0 saturated heterocycles. The number of ether oxygens (including phenoxy) is 1. The van der Waals surface area contributed by atoms with Crippen molar-refractivity contribution in [1.82, 2.24) is 0 Å². The van der Waals surface area contributed by atoms with E-state index >= 15 is 0 Å². The molecule has 0 radical (unpaired) electrons. The van der Waals surface area contributed by atoms with Crippen molar-refractivity contribution in [2.24, 2.45) is 0 Å². The number of aryl methyl sites for hydroxylation is 1. The molecule has 0 aliphatic heterocycles. The van der Waals surface area contributed by atoms with Gasteiger partial charge < -0.3 is 9.84 Å². The van der Waals surface area contributed by atoms with Crippen molar-refractivity contribution in [1.29, 1.82) is 0 Å². The van der Waals surface area contributed by atoms with E-state index < -0.39 is 5.97 Å². The number of rotatable bonds is 6. The first-order chi connectivity index (χ1) is 8.54. The lowest BCUT2D eigenvalue weighted by Crippen LogP contribution is -2.08. The fraction of sp³-hybridized carbons (Fsp3) is 0.429. The maximum atomic E-state index is 11.5. The first-order valence-electron chi connectivity index (χ1n) is 6.09. The van der Waals surface area contributed by atoms with Crippen molar-refractivity contribution in [3.63, 3.8) is 0 Å². The second-order valence-corrected chi connectivity index (χ2v) is 4.21. The zero-order chi connectivity index (χ0) is 13.5. The normalized spacial score (nSPS) is 10.1. The number of hydrogen-bond donors (Lipinski definition) is 1. The molecule has 0 bridgehead atoms. The third-order valence-corrected chi connectivity index (χ3v) is 2.64. The van der Waals surface area contributed by atoms with Crippen LogP contribution >= 0.6 is 0 Å². The Kier molecular flexibility index (Phi) is 5.36. The van der Waals surface area contributed by atoms with Crippen molar-refractivity contribution in [3.8, 4) is 5.75 Å². The van der Waals surface area contributed by atoms with Gasteiger partial charge >= 0.3 is 11.9 Å². The molecule has 0 atom stereocenters. The smallest absolute Gasteiger partial charge is 0.335 e. The molecule has 4 heteroatoms. The minimum absolute atomic E-state index is 0.223. The number of carbonyl (C=O) groups is 2. The minimum atomic E-state index is -0.978. The summed E-state index contributed by atoms with van der Waals surface area (Å²) >= 11 is 0. The summed E-state index contributed by atoms with van der Waals surface area (Å²) in [6, 6.07) is 4.53. The second-order valence-electron chi connectivity index (χ2n) is 4.21. The highest BCUT2D eigenvalue weighted by Gasteiger charge is 2.09. The highest BCUT2D eigenvalue weighted by atomic mass is 16.5. The van der Waals surface area contributed by atoms with Crippen LogP contribution in [0.2, 0.25) is 0 Å². The van der Waals surface area contributed by atoms with Crippen LogP contribution in [-0.4, -0.2) is 17.0 Å². The molecule has 18 heavy (non-hydrogen) atoms. The Balaban J connectivity index is 2.60. The Hall–Kier alpha value is -1.84. The number of aromatic carboxylic acids is 1. The fourth-order valence-electron chi connectivity index (χ4n) is 1.64. The van der Waals surface area contributed by atoms with Crippen molar-refractivity contribution in [2.75, 3.05) is 0 Å². The van der Waals surface area contributed by atoms with Gasteiger partial charge in [0, 0.05) is 6.42 Å². The van der Waals surface area contributed by atoms with E-state index in [0.717, 1.165) is 19.3 Å². The Bertz CT molecular complexity index is 437. The largest absolute Gasteiger partial charge is 0.478 e. The molecule has 0 aliphatic rings. The van der Waals surface area contributed by atoms with Gasteiger partial charge in [-0.3, -0.25) is 4.79 Å². The molecular weight excluding hydrogens is 232 g/mol. The predicted molar refractivity (Wildman–Crippen MR) is 67.9 cm³/mol. The zero-order valence-electron chi connectivity index (χ0n) is 10.7. The monoisotopic (exact) mass is 250 g/mol. The summed E-state index contributed by atoms with van der Waals surface area (Å²) in [6.07, 6.45) is 3.28. The molecule has 1 aromatic rings. The highest BCUT2D eigenvalue weighted by Crippen LogP contribution is 2.18. The first kappa shape index (κ1) is 14.2. The van der Waals surface area contributed by atoms with E-state index in [9.17, 15) is 9.59 Å². The molecule has 1 N–H and O–H groups in total. The molecule has 0 spiro atoms. The highest BCUT2D eigenvalue weighted by molar-refractivity contribution is 5.89. The summed E-state index contributed by atoms with van der Waals surface area (Å²) in [6.45, 7) is 3.75. The van der Waals surface area contributed by atoms with E-state index in [1.807, 2.05) is 0 Å². The third-order valence-electron chi connectivity index (χ3n) is 2.64. The maximum absolute atomic E-state index is 11.5. The van der Waals surface area contributed by atoms with Crippen LogP contribution in [0.1, 0.15) is 48.5 Å². The van der Waals surface area contributed by atoms with Gasteiger partial charge in [0.05, 0.1) is 5.56 Å². The van der Waals surface area contributed by atoms with Crippen LogP contribution in [0.5, 0.6) is 5.75 Å². The molecular formula is C14H18O4. The summed E-state index contributed by atoms with van der Waals surface area (Å²) in [4.78, 5) is 22.3. The quantitative estimate of drug-likeness (QED) is 0.478. The Morgan fingerprint density at radius 2 is 2.00 bits per heavy atom. The van der Waals surface area contributed by atoms with Gasteiger partial charge in [-0.2, -0.15) is 0 Å². The van der Waals surface area contributed by atoms with Gasteiger partial charge in [-0.1, -0.05) is 19.8 Å². The van der Waals surface area contributed by atoms with Crippen LogP contribution in [0, 0.1) is 6.92 Å². The van der Waals surface area contributed by atoms with Crippen LogP contribution in [0.25, 0.3) is 0 Å². The van der Waals surface area contributed by atoms with E-state index in [2.05, 4.69) is 6.92 Å².